The SMILES string of the molecule is CC(C)NCc1nc2c(s1)Cc1cc(Br)ccc1-2. The third kappa shape index (κ3) is 2.25. The Morgan fingerprint density at radius 1 is 1.44 bits per heavy atom. The Kier molecular flexibility index (Phi) is 3.26. The van der Waals surface area contributed by atoms with Crippen molar-refractivity contribution in [2.45, 2.75) is 32.9 Å². The summed E-state index contributed by atoms with van der Waals surface area (Å²) in [6, 6.07) is 6.98. The van der Waals surface area contributed by atoms with Crippen LogP contribution in [-0.2, 0) is 13.0 Å². The number of hydrogen-bond donors (Lipinski definition) is 1. The highest BCUT2D eigenvalue weighted by molar-refractivity contribution is 9.10. The van der Waals surface area contributed by atoms with E-state index >= 15 is 0 Å². The lowest BCUT2D eigenvalue weighted by Crippen LogP contribution is -2.21. The van der Waals surface area contributed by atoms with Crippen molar-refractivity contribution in [1.29, 1.82) is 0 Å². The van der Waals surface area contributed by atoms with E-state index in [2.05, 4.69) is 53.3 Å². The molecule has 1 N–H and O–H groups in total. The molecule has 0 atom stereocenters. The van der Waals surface area contributed by atoms with Crippen LogP contribution in [0.25, 0.3) is 11.3 Å². The molecule has 1 aliphatic rings. The molecule has 0 spiro atoms. The molecule has 0 unspecified atom stereocenters. The van der Waals surface area contributed by atoms with Crippen LogP contribution >= 0.6 is 27.3 Å². The highest BCUT2D eigenvalue weighted by Gasteiger charge is 2.23. The molecule has 18 heavy (non-hydrogen) atoms. The van der Waals surface area contributed by atoms with E-state index in [0.717, 1.165) is 17.4 Å². The molecule has 0 radical (unpaired) electrons. The van der Waals surface area contributed by atoms with Gasteiger partial charge in [-0.05, 0) is 17.7 Å². The quantitative estimate of drug-likeness (QED) is 0.789. The standard InChI is InChI=1S/C14H15BrN2S/c1-8(2)16-7-13-17-14-11-4-3-10(15)5-9(11)6-12(14)18-13/h3-5,8,16H,6-7H2,1-2H3. The summed E-state index contributed by atoms with van der Waals surface area (Å²) in [4.78, 5) is 6.18. The summed E-state index contributed by atoms with van der Waals surface area (Å²) < 4.78 is 1.15. The molecule has 0 amide bonds. The molecular weight excluding hydrogens is 308 g/mol. The van der Waals surface area contributed by atoms with E-state index in [0.29, 0.717) is 6.04 Å². The number of nitrogens with one attached hydrogen (secondary N) is 1. The molecule has 1 aromatic carbocycles. The molecule has 94 valence electrons. The van der Waals surface area contributed by atoms with Crippen LogP contribution < -0.4 is 5.32 Å². The fourth-order valence-electron chi connectivity index (χ4n) is 2.21. The summed E-state index contributed by atoms with van der Waals surface area (Å²) in [5, 5.41) is 4.62. The first kappa shape index (κ1) is 12.3. The van der Waals surface area contributed by atoms with Crippen molar-refractivity contribution >= 4 is 27.3 Å². The molecule has 0 fully saturated rings. The Morgan fingerprint density at radius 2 is 2.28 bits per heavy atom. The second-order valence-corrected chi connectivity index (χ2v) is 6.98. The number of nitrogens with zero attached hydrogens (tertiary/aromatic N) is 1. The van der Waals surface area contributed by atoms with Crippen LogP contribution in [0.5, 0.6) is 0 Å². The van der Waals surface area contributed by atoms with Gasteiger partial charge in [-0.1, -0.05) is 35.8 Å². The van der Waals surface area contributed by atoms with Crippen LogP contribution in [0.1, 0.15) is 29.3 Å². The van der Waals surface area contributed by atoms with Gasteiger partial charge in [-0.3, -0.25) is 0 Å². The minimum Gasteiger partial charge on any atom is -0.308 e. The normalized spacial score (nSPS) is 12.9. The van der Waals surface area contributed by atoms with Gasteiger partial charge in [-0.25, -0.2) is 4.98 Å². The van der Waals surface area contributed by atoms with E-state index in [9.17, 15) is 0 Å². The number of aromatic nitrogens is 1. The fraction of sp³-hybridized carbons (Fsp3) is 0.357. The Morgan fingerprint density at radius 3 is 3.06 bits per heavy atom. The fourth-order valence-corrected chi connectivity index (χ4v) is 3.68. The van der Waals surface area contributed by atoms with Crippen molar-refractivity contribution < 1.29 is 0 Å². The number of rotatable bonds is 3. The molecule has 0 saturated carbocycles. The average Bonchev–Trinajstić information content (AvgIpc) is 2.82. The highest BCUT2D eigenvalue weighted by atomic mass is 79.9. The molecule has 4 heteroatoms. The van der Waals surface area contributed by atoms with Crippen molar-refractivity contribution in [3.05, 3.63) is 38.1 Å². The third-order valence-electron chi connectivity index (χ3n) is 3.08. The Labute approximate surface area is 120 Å². The molecule has 1 aliphatic carbocycles. The van der Waals surface area contributed by atoms with Gasteiger partial charge in [0.1, 0.15) is 5.01 Å². The zero-order valence-corrected chi connectivity index (χ0v) is 12.9. The second-order valence-electron chi connectivity index (χ2n) is 4.89. The first-order chi connectivity index (χ1) is 8.63. The van der Waals surface area contributed by atoms with E-state index in [4.69, 9.17) is 4.98 Å². The third-order valence-corrected chi connectivity index (χ3v) is 4.63. The molecule has 2 aromatic rings. The Balaban J connectivity index is 1.88. The van der Waals surface area contributed by atoms with Gasteiger partial charge in [0, 0.05) is 33.9 Å². The zero-order valence-electron chi connectivity index (χ0n) is 10.5. The number of hydrogen-bond acceptors (Lipinski definition) is 3. The Bertz CT molecular complexity index is 589. The zero-order chi connectivity index (χ0) is 12.7. The predicted molar refractivity (Wildman–Crippen MR) is 80.0 cm³/mol. The summed E-state index contributed by atoms with van der Waals surface area (Å²) in [5.74, 6) is 0. The maximum atomic E-state index is 4.77. The van der Waals surface area contributed by atoms with Crippen molar-refractivity contribution in [1.82, 2.24) is 10.3 Å². The van der Waals surface area contributed by atoms with Gasteiger partial charge in [-0.2, -0.15) is 0 Å². The van der Waals surface area contributed by atoms with Crippen LogP contribution in [0.15, 0.2) is 22.7 Å². The smallest absolute Gasteiger partial charge is 0.107 e. The highest BCUT2D eigenvalue weighted by Crippen LogP contribution is 2.40. The molecule has 3 rings (SSSR count). The predicted octanol–water partition coefficient (Wildman–Crippen LogP) is 3.97. The monoisotopic (exact) mass is 322 g/mol. The molecule has 0 bridgehead atoms. The lowest BCUT2D eigenvalue weighted by Gasteiger charge is -2.05. The van der Waals surface area contributed by atoms with Gasteiger partial charge < -0.3 is 5.32 Å². The topological polar surface area (TPSA) is 24.9 Å². The average molecular weight is 323 g/mol. The number of benzene rings is 1. The number of halogens is 1. The van der Waals surface area contributed by atoms with E-state index in [1.807, 2.05) is 11.3 Å². The summed E-state index contributed by atoms with van der Waals surface area (Å²) in [7, 11) is 0. The number of fused-ring (bicyclic) bond motifs is 3. The van der Waals surface area contributed by atoms with E-state index in [1.54, 1.807) is 0 Å². The minimum atomic E-state index is 0.506. The van der Waals surface area contributed by atoms with Crippen molar-refractivity contribution in [2.75, 3.05) is 0 Å². The van der Waals surface area contributed by atoms with E-state index in [1.165, 1.54) is 26.7 Å². The Hall–Kier alpha value is -0.710. The summed E-state index contributed by atoms with van der Waals surface area (Å²) in [6.07, 6.45) is 1.03. The van der Waals surface area contributed by atoms with E-state index in [-0.39, 0.29) is 0 Å². The van der Waals surface area contributed by atoms with Crippen LogP contribution in [0.3, 0.4) is 0 Å². The van der Waals surface area contributed by atoms with Gasteiger partial charge in [0.05, 0.1) is 5.69 Å². The summed E-state index contributed by atoms with van der Waals surface area (Å²) in [6.45, 7) is 5.20. The largest absolute Gasteiger partial charge is 0.308 e. The molecule has 1 heterocycles. The first-order valence-corrected chi connectivity index (χ1v) is 7.75. The van der Waals surface area contributed by atoms with Gasteiger partial charge in [-0.15, -0.1) is 11.3 Å². The maximum absolute atomic E-state index is 4.77. The van der Waals surface area contributed by atoms with Gasteiger partial charge in [0.25, 0.3) is 0 Å². The first-order valence-electron chi connectivity index (χ1n) is 6.14. The van der Waals surface area contributed by atoms with E-state index < -0.39 is 0 Å². The van der Waals surface area contributed by atoms with Gasteiger partial charge in [0.15, 0.2) is 0 Å². The summed E-state index contributed by atoms with van der Waals surface area (Å²) >= 11 is 5.36. The second kappa shape index (κ2) is 4.76. The van der Waals surface area contributed by atoms with Crippen LogP contribution in [-0.4, -0.2) is 11.0 Å². The molecule has 1 aromatic heterocycles. The number of thiazole rings is 1. The van der Waals surface area contributed by atoms with Crippen LogP contribution in [0, 0.1) is 0 Å². The van der Waals surface area contributed by atoms with Gasteiger partial charge in [0.2, 0.25) is 0 Å². The van der Waals surface area contributed by atoms with Gasteiger partial charge >= 0.3 is 0 Å². The summed E-state index contributed by atoms with van der Waals surface area (Å²) in [5.41, 5.74) is 3.89. The maximum Gasteiger partial charge on any atom is 0.107 e. The molecular formula is C14H15BrN2S. The van der Waals surface area contributed by atoms with Crippen LogP contribution in [0.2, 0.25) is 0 Å². The molecule has 0 aliphatic heterocycles. The van der Waals surface area contributed by atoms with Crippen molar-refractivity contribution in [3.8, 4) is 11.3 Å². The lowest BCUT2D eigenvalue weighted by atomic mass is 10.1. The van der Waals surface area contributed by atoms with Crippen molar-refractivity contribution in [3.63, 3.8) is 0 Å². The molecule has 0 saturated heterocycles. The van der Waals surface area contributed by atoms with Crippen LogP contribution in [0.4, 0.5) is 0 Å². The van der Waals surface area contributed by atoms with Crippen molar-refractivity contribution in [2.24, 2.45) is 0 Å². The minimum absolute atomic E-state index is 0.506. The lowest BCUT2D eigenvalue weighted by molar-refractivity contribution is 0.587. The molecule has 2 nitrogen and oxygen atoms in total.